The Balaban J connectivity index is 1.39. The fourth-order valence-corrected chi connectivity index (χ4v) is 6.00. The van der Waals surface area contributed by atoms with Crippen LogP contribution in [0.3, 0.4) is 0 Å². The molecule has 4 saturated carbocycles. The van der Waals surface area contributed by atoms with Gasteiger partial charge in [0.05, 0.1) is 0 Å². The zero-order valence-electron chi connectivity index (χ0n) is 12.7. The first-order valence-electron chi connectivity index (χ1n) is 8.69. The molecule has 0 radical (unpaired) electrons. The number of rotatable bonds is 3. The fraction of sp³-hybridized carbons (Fsp3) is 0.882. The van der Waals surface area contributed by atoms with E-state index in [4.69, 9.17) is 0 Å². The van der Waals surface area contributed by atoms with Crippen LogP contribution in [0.25, 0.3) is 0 Å². The third-order valence-corrected chi connectivity index (χ3v) is 6.32. The summed E-state index contributed by atoms with van der Waals surface area (Å²) in [7, 11) is 0. The molecule has 1 aliphatic heterocycles. The molecule has 4 aliphatic carbocycles. The predicted molar refractivity (Wildman–Crippen MR) is 79.4 cm³/mol. The van der Waals surface area contributed by atoms with Gasteiger partial charge in [-0.1, -0.05) is 0 Å². The number of amides is 2. The van der Waals surface area contributed by atoms with E-state index >= 15 is 0 Å². The molecule has 0 aromatic rings. The van der Waals surface area contributed by atoms with E-state index < -0.39 is 0 Å². The molecule has 1 unspecified atom stereocenters. The number of carbonyl (C=O) groups is 2. The van der Waals surface area contributed by atoms with Crippen LogP contribution in [0, 0.1) is 23.2 Å². The van der Waals surface area contributed by atoms with E-state index in [1.807, 2.05) is 0 Å². The predicted octanol–water partition coefficient (Wildman–Crippen LogP) is 1.99. The summed E-state index contributed by atoms with van der Waals surface area (Å²) in [6, 6.07) is -0.292. The molecule has 0 aromatic heterocycles. The van der Waals surface area contributed by atoms with Gasteiger partial charge in [0.15, 0.2) is 0 Å². The van der Waals surface area contributed by atoms with E-state index in [9.17, 15) is 9.59 Å². The van der Waals surface area contributed by atoms with Gasteiger partial charge < -0.3 is 10.6 Å². The van der Waals surface area contributed by atoms with Gasteiger partial charge in [-0.3, -0.25) is 9.59 Å². The Morgan fingerprint density at radius 1 is 1.14 bits per heavy atom. The first kappa shape index (κ1) is 13.6. The van der Waals surface area contributed by atoms with Crippen LogP contribution in [0.2, 0.25) is 0 Å². The molecule has 21 heavy (non-hydrogen) atoms. The van der Waals surface area contributed by atoms with Gasteiger partial charge in [0, 0.05) is 13.0 Å². The van der Waals surface area contributed by atoms with Gasteiger partial charge in [0.2, 0.25) is 11.8 Å². The largest absolute Gasteiger partial charge is 0.354 e. The summed E-state index contributed by atoms with van der Waals surface area (Å²) in [5.74, 6) is 2.74. The Labute approximate surface area is 126 Å². The van der Waals surface area contributed by atoms with Gasteiger partial charge in [-0.25, -0.2) is 0 Å². The van der Waals surface area contributed by atoms with Gasteiger partial charge in [-0.2, -0.15) is 0 Å². The fourth-order valence-electron chi connectivity index (χ4n) is 6.00. The van der Waals surface area contributed by atoms with Gasteiger partial charge in [-0.15, -0.1) is 0 Å². The number of nitrogens with one attached hydrogen (secondary N) is 2. The zero-order chi connectivity index (χ0) is 14.4. The molecule has 5 fully saturated rings. The van der Waals surface area contributed by atoms with E-state index in [1.165, 1.54) is 38.5 Å². The van der Waals surface area contributed by atoms with E-state index in [1.54, 1.807) is 0 Å². The Kier molecular flexibility index (Phi) is 3.23. The van der Waals surface area contributed by atoms with E-state index in [0.29, 0.717) is 6.42 Å². The second kappa shape index (κ2) is 4.99. The minimum absolute atomic E-state index is 0.000104. The van der Waals surface area contributed by atoms with Gasteiger partial charge >= 0.3 is 0 Å². The average molecular weight is 290 g/mol. The van der Waals surface area contributed by atoms with E-state index in [2.05, 4.69) is 10.6 Å². The maximum Gasteiger partial charge on any atom is 0.242 e. The molecule has 1 saturated heterocycles. The summed E-state index contributed by atoms with van der Waals surface area (Å²) in [5, 5.41) is 5.84. The van der Waals surface area contributed by atoms with Crippen LogP contribution in [-0.2, 0) is 9.59 Å². The number of piperidine rings is 1. The van der Waals surface area contributed by atoms with Crippen molar-refractivity contribution >= 4 is 11.8 Å². The summed E-state index contributed by atoms with van der Waals surface area (Å²) in [6.07, 6.45) is 10.4. The van der Waals surface area contributed by atoms with Crippen LogP contribution < -0.4 is 10.6 Å². The Bertz CT molecular complexity index is 424. The maximum absolute atomic E-state index is 12.5. The molecule has 4 bridgehead atoms. The van der Waals surface area contributed by atoms with Crippen LogP contribution in [0.15, 0.2) is 0 Å². The molecule has 4 heteroatoms. The standard InChI is InChI=1S/C17H26N2O2/c20-15(19-14-2-1-3-18-16(14)21)10-17-7-11-4-12(8-17)6-13(5-11)9-17/h11-14H,1-10H2,(H,18,21)(H,19,20). The molecule has 1 heterocycles. The molecule has 5 aliphatic rings. The highest BCUT2D eigenvalue weighted by molar-refractivity contribution is 5.88. The molecule has 2 N–H and O–H groups in total. The van der Waals surface area contributed by atoms with Gasteiger partial charge in [0.25, 0.3) is 0 Å². The van der Waals surface area contributed by atoms with E-state index in [0.717, 1.165) is 37.1 Å². The topological polar surface area (TPSA) is 58.2 Å². The summed E-state index contributed by atoms with van der Waals surface area (Å²) >= 11 is 0. The quantitative estimate of drug-likeness (QED) is 0.835. The number of carbonyl (C=O) groups excluding carboxylic acids is 2. The Morgan fingerprint density at radius 2 is 1.76 bits per heavy atom. The van der Waals surface area contributed by atoms with Crippen LogP contribution in [-0.4, -0.2) is 24.4 Å². The van der Waals surface area contributed by atoms with Crippen LogP contribution in [0.1, 0.15) is 57.8 Å². The van der Waals surface area contributed by atoms with Crippen molar-refractivity contribution in [2.24, 2.45) is 23.2 Å². The normalized spacial score (nSPS) is 44.5. The van der Waals surface area contributed by atoms with Crippen LogP contribution in [0.4, 0.5) is 0 Å². The molecular formula is C17H26N2O2. The highest BCUT2D eigenvalue weighted by atomic mass is 16.2. The highest BCUT2D eigenvalue weighted by Crippen LogP contribution is 2.61. The molecule has 116 valence electrons. The molecule has 0 spiro atoms. The highest BCUT2D eigenvalue weighted by Gasteiger charge is 2.51. The van der Waals surface area contributed by atoms with E-state index in [-0.39, 0.29) is 23.3 Å². The molecular weight excluding hydrogens is 264 g/mol. The van der Waals surface area contributed by atoms with Crippen LogP contribution in [0.5, 0.6) is 0 Å². The number of hydrogen-bond donors (Lipinski definition) is 2. The van der Waals surface area contributed by atoms with Gasteiger partial charge in [0.1, 0.15) is 6.04 Å². The lowest BCUT2D eigenvalue weighted by atomic mass is 9.49. The monoisotopic (exact) mass is 290 g/mol. The second-order valence-corrected chi connectivity index (χ2v) is 8.15. The minimum Gasteiger partial charge on any atom is -0.354 e. The van der Waals surface area contributed by atoms with Crippen molar-refractivity contribution in [3.8, 4) is 0 Å². The third-order valence-electron chi connectivity index (χ3n) is 6.32. The van der Waals surface area contributed by atoms with Crippen molar-refractivity contribution in [1.29, 1.82) is 0 Å². The first-order chi connectivity index (χ1) is 10.1. The Morgan fingerprint density at radius 3 is 2.33 bits per heavy atom. The minimum atomic E-state index is -0.292. The van der Waals surface area contributed by atoms with Crippen molar-refractivity contribution in [1.82, 2.24) is 10.6 Å². The third kappa shape index (κ3) is 2.58. The van der Waals surface area contributed by atoms with Crippen molar-refractivity contribution in [2.75, 3.05) is 6.54 Å². The second-order valence-electron chi connectivity index (χ2n) is 8.15. The summed E-state index contributed by atoms with van der Waals surface area (Å²) in [5.41, 5.74) is 0.268. The zero-order valence-corrected chi connectivity index (χ0v) is 12.7. The average Bonchev–Trinajstić information content (AvgIpc) is 2.39. The SMILES string of the molecule is O=C(CC12CC3CC(CC(C3)C1)C2)NC1CCCNC1=O. The Hall–Kier alpha value is -1.06. The lowest BCUT2D eigenvalue weighted by Crippen LogP contribution is -2.52. The van der Waals surface area contributed by atoms with Crippen molar-refractivity contribution in [3.63, 3.8) is 0 Å². The number of hydrogen-bond acceptors (Lipinski definition) is 2. The van der Waals surface area contributed by atoms with Crippen molar-refractivity contribution in [3.05, 3.63) is 0 Å². The summed E-state index contributed by atoms with van der Waals surface area (Å²) in [6.45, 7) is 0.750. The summed E-state index contributed by atoms with van der Waals surface area (Å²) in [4.78, 5) is 24.2. The van der Waals surface area contributed by atoms with Crippen molar-refractivity contribution < 1.29 is 9.59 Å². The maximum atomic E-state index is 12.5. The molecule has 2 amide bonds. The van der Waals surface area contributed by atoms with Gasteiger partial charge in [-0.05, 0) is 74.5 Å². The van der Waals surface area contributed by atoms with Crippen LogP contribution >= 0.6 is 0 Å². The first-order valence-corrected chi connectivity index (χ1v) is 8.69. The molecule has 1 atom stereocenters. The molecule has 4 nitrogen and oxygen atoms in total. The lowest BCUT2D eigenvalue weighted by Gasteiger charge is -2.56. The molecule has 0 aromatic carbocycles. The summed E-state index contributed by atoms with van der Waals surface area (Å²) < 4.78 is 0. The lowest BCUT2D eigenvalue weighted by molar-refractivity contribution is -0.134. The van der Waals surface area contributed by atoms with Crippen molar-refractivity contribution in [2.45, 2.75) is 63.8 Å². The smallest absolute Gasteiger partial charge is 0.242 e. The molecule has 5 rings (SSSR count).